The van der Waals surface area contributed by atoms with Crippen molar-refractivity contribution in [2.45, 2.75) is 25.3 Å². The number of benzene rings is 1. The molecule has 1 aliphatic rings. The molecule has 1 aliphatic heterocycles. The van der Waals surface area contributed by atoms with Crippen LogP contribution in [0.3, 0.4) is 0 Å². The number of piperidine rings is 1. The Morgan fingerprint density at radius 3 is 3.05 bits per heavy atom. The molecule has 0 radical (unpaired) electrons. The molecule has 1 fully saturated rings. The third kappa shape index (κ3) is 2.47. The van der Waals surface area contributed by atoms with Crippen LogP contribution in [0.1, 0.15) is 29.8 Å². The molecule has 1 unspecified atom stereocenters. The summed E-state index contributed by atoms with van der Waals surface area (Å²) in [6.07, 6.45) is 3.15. The summed E-state index contributed by atoms with van der Waals surface area (Å²) in [5.74, 6) is 0.353. The van der Waals surface area contributed by atoms with Gasteiger partial charge in [-0.05, 0) is 43.5 Å². The number of rotatable bonds is 2. The molecule has 2 aromatic rings. The van der Waals surface area contributed by atoms with Gasteiger partial charge in [-0.25, -0.2) is 0 Å². The molecular formula is C15H17BrN2O2. The Kier molecular flexibility index (Phi) is 3.81. The normalized spacial score (nSPS) is 19.5. The van der Waals surface area contributed by atoms with E-state index < -0.39 is 0 Å². The van der Waals surface area contributed by atoms with Gasteiger partial charge >= 0.3 is 0 Å². The first-order valence-corrected chi connectivity index (χ1v) is 7.68. The standard InChI is InChI=1S/C15H17BrN2O2/c16-11-4-5-13-10(7-11)8-14(20-13)15(19)18-6-2-1-3-12(18)9-17/h4-5,7-8,12H,1-3,6,9,17H2. The van der Waals surface area contributed by atoms with Gasteiger partial charge in [-0.3, -0.25) is 4.79 Å². The maximum absolute atomic E-state index is 12.6. The zero-order valence-corrected chi connectivity index (χ0v) is 12.7. The molecule has 0 bridgehead atoms. The van der Waals surface area contributed by atoms with Crippen molar-refractivity contribution in [3.8, 4) is 0 Å². The van der Waals surface area contributed by atoms with Crippen LogP contribution in [0.5, 0.6) is 0 Å². The first-order valence-electron chi connectivity index (χ1n) is 6.89. The first-order chi connectivity index (χ1) is 9.69. The summed E-state index contributed by atoms with van der Waals surface area (Å²) in [7, 11) is 0. The van der Waals surface area contributed by atoms with Gasteiger partial charge in [0.15, 0.2) is 5.76 Å². The zero-order valence-electron chi connectivity index (χ0n) is 11.1. The highest BCUT2D eigenvalue weighted by Crippen LogP contribution is 2.26. The van der Waals surface area contributed by atoms with Crippen molar-refractivity contribution >= 4 is 32.8 Å². The van der Waals surface area contributed by atoms with Crippen molar-refractivity contribution in [2.75, 3.05) is 13.1 Å². The molecule has 1 aromatic heterocycles. The molecule has 1 saturated heterocycles. The lowest BCUT2D eigenvalue weighted by Crippen LogP contribution is -2.47. The maximum Gasteiger partial charge on any atom is 0.289 e. The fourth-order valence-corrected chi connectivity index (χ4v) is 3.15. The Morgan fingerprint density at radius 2 is 2.25 bits per heavy atom. The summed E-state index contributed by atoms with van der Waals surface area (Å²) in [5.41, 5.74) is 6.51. The van der Waals surface area contributed by atoms with Gasteiger partial charge in [0.05, 0.1) is 0 Å². The number of carbonyl (C=O) groups is 1. The number of furan rings is 1. The first kappa shape index (κ1) is 13.6. The quantitative estimate of drug-likeness (QED) is 0.916. The Balaban J connectivity index is 1.91. The molecule has 1 amide bonds. The summed E-state index contributed by atoms with van der Waals surface area (Å²) in [6.45, 7) is 1.28. The van der Waals surface area contributed by atoms with E-state index in [4.69, 9.17) is 10.2 Å². The molecule has 1 aromatic carbocycles. The van der Waals surface area contributed by atoms with E-state index in [2.05, 4.69) is 15.9 Å². The van der Waals surface area contributed by atoms with Crippen molar-refractivity contribution in [3.05, 3.63) is 34.5 Å². The van der Waals surface area contributed by atoms with Crippen LogP contribution in [-0.4, -0.2) is 29.9 Å². The van der Waals surface area contributed by atoms with Gasteiger partial charge in [-0.15, -0.1) is 0 Å². The lowest BCUT2D eigenvalue weighted by atomic mass is 10.0. The molecule has 2 heterocycles. The highest BCUT2D eigenvalue weighted by Gasteiger charge is 2.28. The summed E-state index contributed by atoms with van der Waals surface area (Å²) in [6, 6.07) is 7.67. The molecule has 1 atom stereocenters. The molecule has 3 rings (SSSR count). The van der Waals surface area contributed by atoms with Crippen LogP contribution in [-0.2, 0) is 0 Å². The van der Waals surface area contributed by atoms with Crippen molar-refractivity contribution in [2.24, 2.45) is 5.73 Å². The lowest BCUT2D eigenvalue weighted by Gasteiger charge is -2.34. The Hall–Kier alpha value is -1.33. The fourth-order valence-electron chi connectivity index (χ4n) is 2.77. The van der Waals surface area contributed by atoms with E-state index in [1.54, 1.807) is 0 Å². The Bertz CT molecular complexity index is 638. The van der Waals surface area contributed by atoms with Crippen LogP contribution in [0.15, 0.2) is 33.2 Å². The molecule has 106 valence electrons. The van der Waals surface area contributed by atoms with Gasteiger partial charge in [0.25, 0.3) is 5.91 Å². The van der Waals surface area contributed by atoms with Gasteiger partial charge in [0.1, 0.15) is 5.58 Å². The zero-order chi connectivity index (χ0) is 14.1. The van der Waals surface area contributed by atoms with E-state index in [0.29, 0.717) is 12.3 Å². The van der Waals surface area contributed by atoms with Gasteiger partial charge in [-0.1, -0.05) is 15.9 Å². The second-order valence-corrected chi connectivity index (χ2v) is 6.09. The van der Waals surface area contributed by atoms with Crippen LogP contribution < -0.4 is 5.73 Å². The number of nitrogens with two attached hydrogens (primary N) is 1. The van der Waals surface area contributed by atoms with Crippen molar-refractivity contribution in [1.29, 1.82) is 0 Å². The average molecular weight is 337 g/mol. The number of amides is 1. The minimum Gasteiger partial charge on any atom is -0.451 e. The molecule has 2 N–H and O–H groups in total. The largest absolute Gasteiger partial charge is 0.451 e. The summed E-state index contributed by atoms with van der Waals surface area (Å²) in [4.78, 5) is 14.4. The summed E-state index contributed by atoms with van der Waals surface area (Å²) >= 11 is 3.42. The third-order valence-electron chi connectivity index (χ3n) is 3.85. The molecule has 4 nitrogen and oxygen atoms in total. The van der Waals surface area contributed by atoms with Crippen LogP contribution >= 0.6 is 15.9 Å². The summed E-state index contributed by atoms with van der Waals surface area (Å²) < 4.78 is 6.65. The van der Waals surface area contributed by atoms with E-state index in [-0.39, 0.29) is 11.9 Å². The topological polar surface area (TPSA) is 59.5 Å². The Morgan fingerprint density at radius 1 is 1.40 bits per heavy atom. The fraction of sp³-hybridized carbons (Fsp3) is 0.400. The van der Waals surface area contributed by atoms with E-state index in [1.165, 1.54) is 0 Å². The molecule has 5 heteroatoms. The third-order valence-corrected chi connectivity index (χ3v) is 4.34. The van der Waals surface area contributed by atoms with Crippen LogP contribution in [0, 0.1) is 0 Å². The van der Waals surface area contributed by atoms with Crippen LogP contribution in [0.4, 0.5) is 0 Å². The second-order valence-electron chi connectivity index (χ2n) is 5.18. The van der Waals surface area contributed by atoms with E-state index >= 15 is 0 Å². The predicted octanol–water partition coefficient (Wildman–Crippen LogP) is 3.15. The number of hydrogen-bond donors (Lipinski definition) is 1. The van der Waals surface area contributed by atoms with E-state index in [1.807, 2.05) is 29.2 Å². The highest BCUT2D eigenvalue weighted by molar-refractivity contribution is 9.10. The molecular weight excluding hydrogens is 320 g/mol. The number of carbonyl (C=O) groups excluding carboxylic acids is 1. The van der Waals surface area contributed by atoms with Gasteiger partial charge < -0.3 is 15.1 Å². The van der Waals surface area contributed by atoms with E-state index in [0.717, 1.165) is 41.2 Å². The average Bonchev–Trinajstić information content (AvgIpc) is 2.89. The van der Waals surface area contributed by atoms with E-state index in [9.17, 15) is 4.79 Å². The van der Waals surface area contributed by atoms with Crippen molar-refractivity contribution < 1.29 is 9.21 Å². The number of hydrogen-bond acceptors (Lipinski definition) is 3. The van der Waals surface area contributed by atoms with Crippen LogP contribution in [0.25, 0.3) is 11.0 Å². The molecule has 0 spiro atoms. The number of halogens is 1. The smallest absolute Gasteiger partial charge is 0.289 e. The van der Waals surface area contributed by atoms with Gasteiger partial charge in [-0.2, -0.15) is 0 Å². The Labute approximate surface area is 126 Å². The molecule has 0 aliphatic carbocycles. The predicted molar refractivity (Wildman–Crippen MR) is 81.6 cm³/mol. The maximum atomic E-state index is 12.6. The van der Waals surface area contributed by atoms with Gasteiger partial charge in [0, 0.05) is 29.0 Å². The lowest BCUT2D eigenvalue weighted by molar-refractivity contribution is 0.0593. The van der Waals surface area contributed by atoms with Crippen molar-refractivity contribution in [3.63, 3.8) is 0 Å². The number of fused-ring (bicyclic) bond motifs is 1. The number of nitrogens with zero attached hydrogens (tertiary/aromatic N) is 1. The SMILES string of the molecule is NCC1CCCCN1C(=O)c1cc2cc(Br)ccc2o1. The minimum absolute atomic E-state index is 0.0486. The number of likely N-dealkylation sites (tertiary alicyclic amines) is 1. The highest BCUT2D eigenvalue weighted by atomic mass is 79.9. The van der Waals surface area contributed by atoms with Gasteiger partial charge in [0.2, 0.25) is 0 Å². The van der Waals surface area contributed by atoms with Crippen LogP contribution in [0.2, 0.25) is 0 Å². The van der Waals surface area contributed by atoms with Crippen molar-refractivity contribution in [1.82, 2.24) is 4.90 Å². The summed E-state index contributed by atoms with van der Waals surface area (Å²) in [5, 5.41) is 0.934. The molecule has 0 saturated carbocycles. The monoisotopic (exact) mass is 336 g/mol. The molecule has 20 heavy (non-hydrogen) atoms. The minimum atomic E-state index is -0.0486. The second kappa shape index (κ2) is 5.58.